The van der Waals surface area contributed by atoms with E-state index in [0.29, 0.717) is 27.5 Å². The Morgan fingerprint density at radius 3 is 2.79 bits per heavy atom. The van der Waals surface area contributed by atoms with Crippen molar-refractivity contribution >= 4 is 33.3 Å². The zero-order valence-electron chi connectivity index (χ0n) is 10.7. The van der Waals surface area contributed by atoms with Gasteiger partial charge in [-0.2, -0.15) is 5.10 Å². The van der Waals surface area contributed by atoms with Gasteiger partial charge in [-0.3, -0.25) is 9.89 Å². The van der Waals surface area contributed by atoms with Gasteiger partial charge in [0.1, 0.15) is 0 Å². The molecule has 1 heterocycles. The van der Waals surface area contributed by atoms with Crippen molar-refractivity contribution in [2.24, 2.45) is 0 Å². The van der Waals surface area contributed by atoms with Crippen molar-refractivity contribution < 1.29 is 4.79 Å². The third kappa shape index (κ3) is 3.14. The summed E-state index contributed by atoms with van der Waals surface area (Å²) < 4.78 is 0.693. The first-order chi connectivity index (χ1) is 8.97. The van der Waals surface area contributed by atoms with E-state index in [-0.39, 0.29) is 5.91 Å². The number of carbonyl (C=O) groups excluding carboxylic acids is 1. The standard InChI is InChI=1S/C13H15BrN4O/c1-7(2)11-6-12(18-17-11)16-13(19)9-5-8(15)3-4-10(9)14/h3-7H,15H2,1-2H3,(H2,16,17,18,19). The van der Waals surface area contributed by atoms with Crippen molar-refractivity contribution in [2.45, 2.75) is 19.8 Å². The highest BCUT2D eigenvalue weighted by Crippen LogP contribution is 2.21. The molecule has 1 aromatic heterocycles. The number of aromatic nitrogens is 2. The SMILES string of the molecule is CC(C)c1cc(NC(=O)c2cc(N)ccc2Br)n[nH]1. The number of nitrogen functional groups attached to an aromatic ring is 1. The van der Waals surface area contributed by atoms with Crippen LogP contribution in [0.1, 0.15) is 35.8 Å². The van der Waals surface area contributed by atoms with Gasteiger partial charge in [0.2, 0.25) is 0 Å². The Hall–Kier alpha value is -1.82. The number of benzene rings is 1. The number of nitrogens with two attached hydrogens (primary N) is 1. The summed E-state index contributed by atoms with van der Waals surface area (Å²) >= 11 is 3.33. The second kappa shape index (κ2) is 5.44. The number of nitrogens with zero attached hydrogens (tertiary/aromatic N) is 1. The van der Waals surface area contributed by atoms with Crippen LogP contribution in [0.25, 0.3) is 0 Å². The molecule has 4 N–H and O–H groups in total. The molecule has 1 aromatic carbocycles. The summed E-state index contributed by atoms with van der Waals surface area (Å²) in [5, 5.41) is 9.67. The quantitative estimate of drug-likeness (QED) is 0.759. The van der Waals surface area contributed by atoms with Gasteiger partial charge in [-0.05, 0) is 40.0 Å². The van der Waals surface area contributed by atoms with E-state index in [0.717, 1.165) is 5.69 Å². The maximum absolute atomic E-state index is 12.1. The first kappa shape index (κ1) is 13.6. The predicted octanol–water partition coefficient (Wildman–Crippen LogP) is 3.13. The maximum atomic E-state index is 12.1. The molecular weight excluding hydrogens is 308 g/mol. The second-order valence-corrected chi connectivity index (χ2v) is 5.41. The lowest BCUT2D eigenvalue weighted by atomic mass is 10.1. The van der Waals surface area contributed by atoms with E-state index < -0.39 is 0 Å². The zero-order valence-corrected chi connectivity index (χ0v) is 12.3. The van der Waals surface area contributed by atoms with E-state index in [2.05, 4.69) is 31.4 Å². The third-order valence-electron chi connectivity index (χ3n) is 2.70. The van der Waals surface area contributed by atoms with Gasteiger partial charge in [0.25, 0.3) is 5.91 Å². The Labute approximate surface area is 119 Å². The fourth-order valence-electron chi connectivity index (χ4n) is 1.60. The fraction of sp³-hybridized carbons (Fsp3) is 0.231. The van der Waals surface area contributed by atoms with Crippen LogP contribution < -0.4 is 11.1 Å². The summed E-state index contributed by atoms with van der Waals surface area (Å²) in [6, 6.07) is 6.92. The molecule has 0 unspecified atom stereocenters. The number of hydrogen-bond acceptors (Lipinski definition) is 3. The minimum absolute atomic E-state index is 0.249. The minimum Gasteiger partial charge on any atom is -0.399 e. The highest BCUT2D eigenvalue weighted by atomic mass is 79.9. The van der Waals surface area contributed by atoms with Crippen molar-refractivity contribution in [1.82, 2.24) is 10.2 Å². The number of H-pyrrole nitrogens is 1. The molecule has 1 amide bonds. The highest BCUT2D eigenvalue weighted by molar-refractivity contribution is 9.10. The summed E-state index contributed by atoms with van der Waals surface area (Å²) in [4.78, 5) is 12.1. The molecule has 0 aliphatic rings. The van der Waals surface area contributed by atoms with Crippen LogP contribution in [0.5, 0.6) is 0 Å². The minimum atomic E-state index is -0.249. The number of carbonyl (C=O) groups is 1. The summed E-state index contributed by atoms with van der Waals surface area (Å²) in [7, 11) is 0. The largest absolute Gasteiger partial charge is 0.399 e. The molecule has 0 aliphatic heterocycles. The monoisotopic (exact) mass is 322 g/mol. The molecular formula is C13H15BrN4O. The Morgan fingerprint density at radius 1 is 1.42 bits per heavy atom. The number of halogens is 1. The van der Waals surface area contributed by atoms with Gasteiger partial charge in [0.05, 0.1) is 5.56 Å². The normalized spacial score (nSPS) is 10.7. The summed E-state index contributed by atoms with van der Waals surface area (Å²) in [5.41, 5.74) is 7.67. The van der Waals surface area contributed by atoms with Gasteiger partial charge in [-0.1, -0.05) is 13.8 Å². The van der Waals surface area contributed by atoms with Gasteiger partial charge in [-0.25, -0.2) is 0 Å². The lowest BCUT2D eigenvalue weighted by molar-refractivity contribution is 0.102. The molecule has 2 rings (SSSR count). The number of rotatable bonds is 3. The lowest BCUT2D eigenvalue weighted by Crippen LogP contribution is -2.13. The molecule has 0 radical (unpaired) electrons. The summed E-state index contributed by atoms with van der Waals surface area (Å²) in [6.45, 7) is 4.10. The molecule has 0 saturated heterocycles. The van der Waals surface area contributed by atoms with Gasteiger partial charge in [-0.15, -0.1) is 0 Å². The molecule has 0 spiro atoms. The Bertz CT molecular complexity index is 606. The van der Waals surface area contributed by atoms with Crippen LogP contribution in [0.4, 0.5) is 11.5 Å². The Kier molecular flexibility index (Phi) is 3.90. The van der Waals surface area contributed by atoms with Crippen LogP contribution >= 0.6 is 15.9 Å². The van der Waals surface area contributed by atoms with Crippen LogP contribution in [0, 0.1) is 0 Å². The molecule has 0 bridgehead atoms. The number of amides is 1. The third-order valence-corrected chi connectivity index (χ3v) is 3.39. The molecule has 100 valence electrons. The van der Waals surface area contributed by atoms with E-state index in [1.165, 1.54) is 0 Å². The van der Waals surface area contributed by atoms with Crippen molar-refractivity contribution in [1.29, 1.82) is 0 Å². The van der Waals surface area contributed by atoms with E-state index in [1.54, 1.807) is 18.2 Å². The van der Waals surface area contributed by atoms with Gasteiger partial charge in [0, 0.05) is 21.9 Å². The van der Waals surface area contributed by atoms with Gasteiger partial charge in [0.15, 0.2) is 5.82 Å². The highest BCUT2D eigenvalue weighted by Gasteiger charge is 2.13. The average Bonchev–Trinajstić information content (AvgIpc) is 2.80. The zero-order chi connectivity index (χ0) is 14.0. The molecule has 0 saturated carbocycles. The average molecular weight is 323 g/mol. The van der Waals surface area contributed by atoms with E-state index in [1.807, 2.05) is 19.9 Å². The van der Waals surface area contributed by atoms with Crippen LogP contribution in [0.15, 0.2) is 28.7 Å². The first-order valence-electron chi connectivity index (χ1n) is 5.89. The molecule has 0 aliphatic carbocycles. The van der Waals surface area contributed by atoms with Crippen LogP contribution in [-0.4, -0.2) is 16.1 Å². The van der Waals surface area contributed by atoms with Crippen molar-refractivity contribution in [3.05, 3.63) is 40.0 Å². The second-order valence-electron chi connectivity index (χ2n) is 4.56. The van der Waals surface area contributed by atoms with Crippen LogP contribution in [0.3, 0.4) is 0 Å². The molecule has 19 heavy (non-hydrogen) atoms. The predicted molar refractivity (Wildman–Crippen MR) is 79.2 cm³/mol. The van der Waals surface area contributed by atoms with Crippen LogP contribution in [-0.2, 0) is 0 Å². The molecule has 2 aromatic rings. The summed E-state index contributed by atoms with van der Waals surface area (Å²) in [5.74, 6) is 0.585. The molecule has 0 fully saturated rings. The van der Waals surface area contributed by atoms with Crippen molar-refractivity contribution in [2.75, 3.05) is 11.1 Å². The smallest absolute Gasteiger partial charge is 0.258 e. The number of nitrogens with one attached hydrogen (secondary N) is 2. The van der Waals surface area contributed by atoms with Crippen LogP contribution in [0.2, 0.25) is 0 Å². The van der Waals surface area contributed by atoms with E-state index in [9.17, 15) is 4.79 Å². The molecule has 0 atom stereocenters. The van der Waals surface area contributed by atoms with E-state index in [4.69, 9.17) is 5.73 Å². The summed E-state index contributed by atoms with van der Waals surface area (Å²) in [6.07, 6.45) is 0. The maximum Gasteiger partial charge on any atom is 0.258 e. The Balaban J connectivity index is 2.18. The first-order valence-corrected chi connectivity index (χ1v) is 6.68. The number of anilines is 2. The van der Waals surface area contributed by atoms with Gasteiger partial charge >= 0.3 is 0 Å². The van der Waals surface area contributed by atoms with Crippen molar-refractivity contribution in [3.63, 3.8) is 0 Å². The lowest BCUT2D eigenvalue weighted by Gasteiger charge is -2.05. The Morgan fingerprint density at radius 2 is 2.16 bits per heavy atom. The fourth-order valence-corrected chi connectivity index (χ4v) is 2.02. The van der Waals surface area contributed by atoms with Gasteiger partial charge < -0.3 is 11.1 Å². The number of aromatic amines is 1. The van der Waals surface area contributed by atoms with E-state index >= 15 is 0 Å². The molecule has 6 heteroatoms. The van der Waals surface area contributed by atoms with Crippen molar-refractivity contribution in [3.8, 4) is 0 Å². The topological polar surface area (TPSA) is 83.8 Å². The molecule has 5 nitrogen and oxygen atoms in total. The number of hydrogen-bond donors (Lipinski definition) is 3.